The van der Waals surface area contributed by atoms with Gasteiger partial charge in [0.25, 0.3) is 5.91 Å². The third kappa shape index (κ3) is 4.91. The van der Waals surface area contributed by atoms with E-state index in [1.807, 2.05) is 49.4 Å². The molecular weight excluding hydrogens is 464 g/mol. The molecule has 0 saturated heterocycles. The molecule has 1 heterocycles. The maximum absolute atomic E-state index is 13.7. The predicted octanol–water partition coefficient (Wildman–Crippen LogP) is 5.04. The van der Waals surface area contributed by atoms with Crippen molar-refractivity contribution in [3.8, 4) is 11.8 Å². The van der Waals surface area contributed by atoms with E-state index in [1.165, 1.54) is 0 Å². The van der Waals surface area contributed by atoms with E-state index in [1.54, 1.807) is 25.1 Å². The lowest BCUT2D eigenvalue weighted by molar-refractivity contribution is -0.131. The Morgan fingerprint density at radius 1 is 1.05 bits per heavy atom. The van der Waals surface area contributed by atoms with Crippen LogP contribution in [0.3, 0.4) is 0 Å². The van der Waals surface area contributed by atoms with Crippen LogP contribution in [0.1, 0.15) is 48.1 Å². The number of aryl methyl sites for hydroxylation is 2. The Balaban J connectivity index is 1.51. The van der Waals surface area contributed by atoms with Crippen LogP contribution < -0.4 is 10.9 Å². The highest BCUT2D eigenvalue weighted by atomic mass is 16.5. The summed E-state index contributed by atoms with van der Waals surface area (Å²) in [6, 6.07) is 22.5. The van der Waals surface area contributed by atoms with Crippen molar-refractivity contribution in [1.29, 1.82) is 0 Å². The zero-order chi connectivity index (χ0) is 26.0. The van der Waals surface area contributed by atoms with E-state index < -0.39 is 17.1 Å². The topological polar surface area (TPSA) is 92.4 Å². The highest BCUT2D eigenvalue weighted by molar-refractivity contribution is 6.01. The minimum absolute atomic E-state index is 0.173. The van der Waals surface area contributed by atoms with E-state index in [9.17, 15) is 14.7 Å². The van der Waals surface area contributed by atoms with Gasteiger partial charge < -0.3 is 14.9 Å². The summed E-state index contributed by atoms with van der Waals surface area (Å²) in [4.78, 5) is 25.7. The van der Waals surface area contributed by atoms with Gasteiger partial charge >= 0.3 is 5.63 Å². The van der Waals surface area contributed by atoms with Gasteiger partial charge in [0.1, 0.15) is 0 Å². The lowest BCUT2D eigenvalue weighted by Gasteiger charge is -2.45. The zero-order valence-electron chi connectivity index (χ0n) is 20.9. The fourth-order valence-electron chi connectivity index (χ4n) is 4.99. The first-order valence-corrected chi connectivity index (χ1v) is 12.4. The number of hydrogen-bond donors (Lipinski definition) is 2. The summed E-state index contributed by atoms with van der Waals surface area (Å²) in [6.07, 6.45) is 2.94. The average Bonchev–Trinajstić information content (AvgIpc) is 2.89. The number of anilines is 1. The van der Waals surface area contributed by atoms with E-state index in [2.05, 4.69) is 34.4 Å². The summed E-state index contributed by atoms with van der Waals surface area (Å²) >= 11 is 0. The number of rotatable bonds is 5. The molecule has 1 aliphatic rings. The van der Waals surface area contributed by atoms with Crippen LogP contribution in [0.2, 0.25) is 0 Å². The molecule has 4 aromatic rings. The number of amides is 1. The number of carbonyl (C=O) groups excluding carboxylic acids is 1. The van der Waals surface area contributed by atoms with Gasteiger partial charge in [-0.15, -0.1) is 0 Å². The minimum Gasteiger partial charge on any atom is -0.369 e. The van der Waals surface area contributed by atoms with Crippen molar-refractivity contribution >= 4 is 22.4 Å². The molecule has 0 spiro atoms. The molecule has 1 amide bonds. The van der Waals surface area contributed by atoms with Crippen molar-refractivity contribution < 1.29 is 14.4 Å². The average molecular weight is 493 g/mol. The van der Waals surface area contributed by atoms with Gasteiger partial charge in [0, 0.05) is 23.1 Å². The zero-order valence-corrected chi connectivity index (χ0v) is 20.9. The van der Waals surface area contributed by atoms with Crippen molar-refractivity contribution in [2.45, 2.75) is 50.5 Å². The molecule has 2 N–H and O–H groups in total. The Labute approximate surface area is 215 Å². The van der Waals surface area contributed by atoms with Crippen LogP contribution in [0.5, 0.6) is 0 Å². The Kier molecular flexibility index (Phi) is 6.41. The second-order valence-corrected chi connectivity index (χ2v) is 9.92. The van der Waals surface area contributed by atoms with Gasteiger partial charge in [-0.3, -0.25) is 4.79 Å². The first-order chi connectivity index (χ1) is 17.8. The molecule has 0 aliphatic heterocycles. The third-order valence-electron chi connectivity index (χ3n) is 7.28. The molecule has 1 unspecified atom stereocenters. The Morgan fingerprint density at radius 3 is 2.46 bits per heavy atom. The normalized spacial score (nSPS) is 15.6. The molecule has 1 aliphatic carbocycles. The number of benzene rings is 3. The second kappa shape index (κ2) is 9.68. The highest BCUT2D eigenvalue weighted by Gasteiger charge is 2.48. The minimum atomic E-state index is -1.95. The smallest absolute Gasteiger partial charge is 0.366 e. The lowest BCUT2D eigenvalue weighted by atomic mass is 9.59. The van der Waals surface area contributed by atoms with Gasteiger partial charge in [-0.05, 0) is 68.0 Å². The number of hydrogen-bond acceptors (Lipinski definition) is 5. The van der Waals surface area contributed by atoms with E-state index in [-0.39, 0.29) is 11.8 Å². The van der Waals surface area contributed by atoms with Gasteiger partial charge in [-0.2, -0.15) is 0 Å². The maximum atomic E-state index is 13.7. The summed E-state index contributed by atoms with van der Waals surface area (Å²) in [5.41, 5.74) is 1.06. The van der Waals surface area contributed by atoms with Gasteiger partial charge in [0.05, 0.1) is 11.1 Å². The van der Waals surface area contributed by atoms with Gasteiger partial charge in [-0.25, -0.2) is 4.79 Å². The molecule has 186 valence electrons. The largest absolute Gasteiger partial charge is 0.369 e. The second-order valence-electron chi connectivity index (χ2n) is 9.92. The predicted molar refractivity (Wildman–Crippen MR) is 143 cm³/mol. The van der Waals surface area contributed by atoms with Crippen LogP contribution >= 0.6 is 0 Å². The molecular formula is C31H28N2O4. The summed E-state index contributed by atoms with van der Waals surface area (Å²) in [5, 5.41) is 19.4. The number of aromatic nitrogens is 1. The SMILES string of the molecule is Cc1ccc(C#CC(O)(CC2(c3ccccc3)CCC2)C(=O)Nc2ccc3c(=O)onc(C)c3c2)cc1. The third-order valence-corrected chi connectivity index (χ3v) is 7.28. The molecule has 6 heteroatoms. The summed E-state index contributed by atoms with van der Waals surface area (Å²) in [5.74, 6) is 5.33. The summed E-state index contributed by atoms with van der Waals surface area (Å²) < 4.78 is 4.79. The van der Waals surface area contributed by atoms with Crippen LogP contribution in [0, 0.1) is 25.7 Å². The fourth-order valence-corrected chi connectivity index (χ4v) is 4.99. The molecule has 3 aromatic carbocycles. The van der Waals surface area contributed by atoms with Crippen LogP contribution in [0.25, 0.3) is 10.8 Å². The Morgan fingerprint density at radius 2 is 1.78 bits per heavy atom. The Hall–Kier alpha value is -4.21. The van der Waals surface area contributed by atoms with Gasteiger partial charge in [-0.1, -0.05) is 71.4 Å². The first kappa shape index (κ1) is 24.5. The molecule has 6 nitrogen and oxygen atoms in total. The van der Waals surface area contributed by atoms with E-state index in [0.717, 1.165) is 36.0 Å². The number of nitrogens with zero attached hydrogens (tertiary/aromatic N) is 1. The van der Waals surface area contributed by atoms with Crippen molar-refractivity contribution in [3.63, 3.8) is 0 Å². The lowest BCUT2D eigenvalue weighted by Crippen LogP contribution is -2.50. The van der Waals surface area contributed by atoms with Crippen LogP contribution in [0.4, 0.5) is 5.69 Å². The quantitative estimate of drug-likeness (QED) is 0.381. The van der Waals surface area contributed by atoms with Gasteiger partial charge in [0.2, 0.25) is 5.60 Å². The Bertz CT molecular complexity index is 1580. The summed E-state index contributed by atoms with van der Waals surface area (Å²) in [6.45, 7) is 3.71. The molecule has 0 radical (unpaired) electrons. The van der Waals surface area contributed by atoms with E-state index in [0.29, 0.717) is 22.2 Å². The van der Waals surface area contributed by atoms with Crippen LogP contribution in [-0.2, 0) is 10.2 Å². The van der Waals surface area contributed by atoms with Crippen molar-refractivity contribution in [1.82, 2.24) is 5.16 Å². The van der Waals surface area contributed by atoms with Crippen molar-refractivity contribution in [2.24, 2.45) is 0 Å². The number of fused-ring (bicyclic) bond motifs is 1. The number of aliphatic hydroxyl groups is 1. The van der Waals surface area contributed by atoms with Crippen molar-refractivity contribution in [3.05, 3.63) is 106 Å². The maximum Gasteiger partial charge on any atom is 0.366 e. The molecule has 0 bridgehead atoms. The molecule has 1 atom stereocenters. The van der Waals surface area contributed by atoms with Crippen LogP contribution in [-0.4, -0.2) is 21.8 Å². The molecule has 5 rings (SSSR count). The molecule has 1 saturated carbocycles. The van der Waals surface area contributed by atoms with E-state index >= 15 is 0 Å². The van der Waals surface area contributed by atoms with Crippen molar-refractivity contribution in [2.75, 3.05) is 5.32 Å². The van der Waals surface area contributed by atoms with Gasteiger partial charge in [0.15, 0.2) is 0 Å². The number of carbonyl (C=O) groups is 1. The molecule has 1 aromatic heterocycles. The van der Waals surface area contributed by atoms with Crippen LogP contribution in [0.15, 0.2) is 82.1 Å². The summed E-state index contributed by atoms with van der Waals surface area (Å²) in [7, 11) is 0. The fraction of sp³-hybridized carbons (Fsp3) is 0.258. The monoisotopic (exact) mass is 492 g/mol. The molecule has 1 fully saturated rings. The number of nitrogens with one attached hydrogen (secondary N) is 1. The van der Waals surface area contributed by atoms with E-state index in [4.69, 9.17) is 4.52 Å². The molecule has 37 heavy (non-hydrogen) atoms. The standard InChI is InChI=1S/C31H28N2O4/c1-21-9-11-23(12-10-21)15-18-31(36,20-30(16-6-17-30)24-7-4-3-5-8-24)29(35)32-25-13-14-26-27(19-25)22(2)33-37-28(26)34/h3-5,7-14,19,36H,6,16-17,20H2,1-2H3,(H,32,35). The highest BCUT2D eigenvalue weighted by Crippen LogP contribution is 2.49. The first-order valence-electron chi connectivity index (χ1n) is 12.4.